The molecule has 21 heavy (non-hydrogen) atoms. The summed E-state index contributed by atoms with van der Waals surface area (Å²) in [6, 6.07) is 18.5. The summed E-state index contributed by atoms with van der Waals surface area (Å²) in [5.41, 5.74) is 2.25. The van der Waals surface area contributed by atoms with E-state index in [4.69, 9.17) is 14.2 Å². The van der Waals surface area contributed by atoms with Crippen LogP contribution in [0, 0.1) is 0 Å². The van der Waals surface area contributed by atoms with Crippen molar-refractivity contribution in [2.45, 2.75) is 18.1 Å². The molecule has 2 aliphatic heterocycles. The van der Waals surface area contributed by atoms with Gasteiger partial charge in [-0.1, -0.05) is 42.5 Å². The first kappa shape index (κ1) is 12.9. The third-order valence-electron chi connectivity index (χ3n) is 4.05. The number of epoxide rings is 2. The summed E-state index contributed by atoms with van der Waals surface area (Å²) in [6.45, 7) is 2.19. The van der Waals surface area contributed by atoms with E-state index in [1.54, 1.807) is 0 Å². The molecule has 3 nitrogen and oxygen atoms in total. The van der Waals surface area contributed by atoms with Gasteiger partial charge in [0.1, 0.15) is 12.4 Å². The van der Waals surface area contributed by atoms with Crippen LogP contribution < -0.4 is 4.74 Å². The third kappa shape index (κ3) is 2.94. The molecule has 0 bridgehead atoms. The fourth-order valence-corrected chi connectivity index (χ4v) is 2.53. The van der Waals surface area contributed by atoms with Crippen LogP contribution in [0.25, 0.3) is 0 Å². The molecule has 0 saturated carbocycles. The lowest BCUT2D eigenvalue weighted by Gasteiger charge is -2.14. The minimum absolute atomic E-state index is 0.259. The second kappa shape index (κ2) is 5.17. The first-order chi connectivity index (χ1) is 10.3. The topological polar surface area (TPSA) is 34.3 Å². The maximum Gasteiger partial charge on any atom is 0.150 e. The van der Waals surface area contributed by atoms with Gasteiger partial charge in [-0.3, -0.25) is 0 Å². The van der Waals surface area contributed by atoms with Crippen LogP contribution in [0.4, 0.5) is 0 Å². The Morgan fingerprint density at radius 3 is 2.38 bits per heavy atom. The summed E-state index contributed by atoms with van der Waals surface area (Å²) in [5.74, 6) is 0.884. The van der Waals surface area contributed by atoms with E-state index in [9.17, 15) is 0 Å². The van der Waals surface area contributed by atoms with Crippen molar-refractivity contribution in [1.29, 1.82) is 0 Å². The Bertz CT molecular complexity index is 598. The van der Waals surface area contributed by atoms with E-state index in [0.29, 0.717) is 12.7 Å². The van der Waals surface area contributed by atoms with Gasteiger partial charge in [-0.15, -0.1) is 0 Å². The van der Waals surface area contributed by atoms with Crippen LogP contribution >= 0.6 is 0 Å². The van der Waals surface area contributed by atoms with Crippen LogP contribution in [0.2, 0.25) is 0 Å². The summed E-state index contributed by atoms with van der Waals surface area (Å²) < 4.78 is 16.8. The van der Waals surface area contributed by atoms with Gasteiger partial charge in [0.05, 0.1) is 19.3 Å². The van der Waals surface area contributed by atoms with Gasteiger partial charge in [0, 0.05) is 6.42 Å². The van der Waals surface area contributed by atoms with Crippen molar-refractivity contribution < 1.29 is 14.2 Å². The van der Waals surface area contributed by atoms with Crippen LogP contribution in [0.15, 0.2) is 54.6 Å². The molecule has 2 saturated heterocycles. The summed E-state index contributed by atoms with van der Waals surface area (Å²) in [6.07, 6.45) is 1.44. The summed E-state index contributed by atoms with van der Waals surface area (Å²) in [5, 5.41) is 0. The molecule has 0 amide bonds. The molecule has 0 N–H and O–H groups in total. The van der Waals surface area contributed by atoms with E-state index in [1.165, 1.54) is 11.1 Å². The highest BCUT2D eigenvalue weighted by molar-refractivity contribution is 5.32. The van der Waals surface area contributed by atoms with E-state index >= 15 is 0 Å². The van der Waals surface area contributed by atoms with Gasteiger partial charge in [0.15, 0.2) is 5.60 Å². The molecule has 0 aromatic heterocycles. The zero-order valence-electron chi connectivity index (χ0n) is 11.8. The van der Waals surface area contributed by atoms with Gasteiger partial charge in [-0.2, -0.15) is 0 Å². The maximum atomic E-state index is 5.85. The second-order valence-corrected chi connectivity index (χ2v) is 5.74. The largest absolute Gasteiger partial charge is 0.490 e. The predicted molar refractivity (Wildman–Crippen MR) is 79.5 cm³/mol. The molecule has 2 unspecified atom stereocenters. The van der Waals surface area contributed by atoms with Crippen LogP contribution in [0.1, 0.15) is 11.1 Å². The van der Waals surface area contributed by atoms with E-state index in [1.807, 2.05) is 30.3 Å². The quantitative estimate of drug-likeness (QED) is 0.764. The van der Waals surface area contributed by atoms with Gasteiger partial charge in [0.25, 0.3) is 0 Å². The molecule has 2 atom stereocenters. The first-order valence-corrected chi connectivity index (χ1v) is 7.37. The van der Waals surface area contributed by atoms with Crippen molar-refractivity contribution in [1.82, 2.24) is 0 Å². The molecule has 2 fully saturated rings. The molecular weight excluding hydrogens is 264 g/mol. The monoisotopic (exact) mass is 282 g/mol. The maximum absolute atomic E-state index is 5.85. The third-order valence-corrected chi connectivity index (χ3v) is 4.05. The molecule has 3 heteroatoms. The Morgan fingerprint density at radius 1 is 1.05 bits per heavy atom. The molecule has 0 radical (unpaired) electrons. The molecule has 2 aromatic carbocycles. The fourth-order valence-electron chi connectivity index (χ4n) is 2.53. The van der Waals surface area contributed by atoms with Crippen LogP contribution in [-0.2, 0) is 21.5 Å². The first-order valence-electron chi connectivity index (χ1n) is 7.37. The highest BCUT2D eigenvalue weighted by atomic mass is 16.6. The van der Waals surface area contributed by atoms with Crippen molar-refractivity contribution in [3.8, 4) is 5.75 Å². The molecule has 108 valence electrons. The Balaban J connectivity index is 1.42. The van der Waals surface area contributed by atoms with Crippen molar-refractivity contribution >= 4 is 0 Å². The minimum atomic E-state index is -0.259. The van der Waals surface area contributed by atoms with Gasteiger partial charge >= 0.3 is 0 Å². The van der Waals surface area contributed by atoms with Crippen molar-refractivity contribution in [3.63, 3.8) is 0 Å². The Labute approximate surface area is 124 Å². The van der Waals surface area contributed by atoms with Crippen molar-refractivity contribution in [2.75, 3.05) is 19.8 Å². The number of benzene rings is 2. The number of hydrogen-bond acceptors (Lipinski definition) is 3. The van der Waals surface area contributed by atoms with E-state index in [0.717, 1.165) is 25.4 Å². The highest BCUT2D eigenvalue weighted by Crippen LogP contribution is 2.39. The zero-order chi connectivity index (χ0) is 14.1. The second-order valence-electron chi connectivity index (χ2n) is 5.74. The number of rotatable bonds is 6. The molecule has 2 heterocycles. The lowest BCUT2D eigenvalue weighted by Crippen LogP contribution is -2.19. The normalized spacial score (nSPS) is 26.4. The highest BCUT2D eigenvalue weighted by Gasteiger charge is 2.47. The van der Waals surface area contributed by atoms with E-state index in [-0.39, 0.29) is 5.60 Å². The number of ether oxygens (including phenoxy) is 3. The smallest absolute Gasteiger partial charge is 0.150 e. The van der Waals surface area contributed by atoms with Gasteiger partial charge in [-0.05, 0) is 23.3 Å². The molecule has 0 aliphatic carbocycles. The van der Waals surface area contributed by atoms with Gasteiger partial charge in [0.2, 0.25) is 0 Å². The average Bonchev–Trinajstić information content (AvgIpc) is 3.43. The lowest BCUT2D eigenvalue weighted by molar-refractivity contribution is 0.190. The number of hydrogen-bond donors (Lipinski definition) is 0. The Kier molecular flexibility index (Phi) is 3.17. The SMILES string of the molecule is c1ccc(OCC2(c3ccc(CC4CO4)cc3)CO2)cc1. The molecule has 2 aliphatic rings. The lowest BCUT2D eigenvalue weighted by atomic mass is 9.98. The predicted octanol–water partition coefficient (Wildman–Crippen LogP) is 2.93. The molecular formula is C18H18O3. The minimum Gasteiger partial charge on any atom is -0.490 e. The van der Waals surface area contributed by atoms with E-state index in [2.05, 4.69) is 24.3 Å². The van der Waals surface area contributed by atoms with E-state index < -0.39 is 0 Å². The standard InChI is InChI=1S/C18H18O3/c1-2-4-16(5-3-1)20-12-18(13-21-18)15-8-6-14(7-9-15)10-17-11-19-17/h1-9,17H,10-13H2. The van der Waals surface area contributed by atoms with Crippen molar-refractivity contribution in [3.05, 3.63) is 65.7 Å². The number of para-hydroxylation sites is 1. The molecule has 0 spiro atoms. The van der Waals surface area contributed by atoms with Crippen LogP contribution in [0.5, 0.6) is 5.75 Å². The summed E-state index contributed by atoms with van der Waals surface area (Å²) >= 11 is 0. The molecule has 2 aromatic rings. The Hall–Kier alpha value is -1.84. The fraction of sp³-hybridized carbons (Fsp3) is 0.333. The summed E-state index contributed by atoms with van der Waals surface area (Å²) in [7, 11) is 0. The Morgan fingerprint density at radius 2 is 1.76 bits per heavy atom. The van der Waals surface area contributed by atoms with Crippen LogP contribution in [0.3, 0.4) is 0 Å². The van der Waals surface area contributed by atoms with Gasteiger partial charge < -0.3 is 14.2 Å². The summed E-state index contributed by atoms with van der Waals surface area (Å²) in [4.78, 5) is 0. The average molecular weight is 282 g/mol. The zero-order valence-corrected chi connectivity index (χ0v) is 11.8. The van der Waals surface area contributed by atoms with Gasteiger partial charge in [-0.25, -0.2) is 0 Å². The van der Waals surface area contributed by atoms with Crippen LogP contribution in [-0.4, -0.2) is 25.9 Å². The molecule has 4 rings (SSSR count). The van der Waals surface area contributed by atoms with Crippen molar-refractivity contribution in [2.24, 2.45) is 0 Å².